The van der Waals surface area contributed by atoms with Crippen LogP contribution in [0.25, 0.3) is 0 Å². The lowest BCUT2D eigenvalue weighted by molar-refractivity contribution is 1.12. The molecule has 0 bridgehead atoms. The molecule has 0 fully saturated rings. The zero-order valence-electron chi connectivity index (χ0n) is 5.82. The largest absolute Gasteiger partial charge is 0.158 e. The van der Waals surface area contributed by atoms with Crippen LogP contribution in [-0.2, 0) is 0 Å². The maximum atomic E-state index is 5.48. The molecule has 0 amide bonds. The van der Waals surface area contributed by atoms with Crippen molar-refractivity contribution in [2.75, 3.05) is 17.4 Å². The normalized spacial score (nSPS) is 9.56. The lowest BCUT2D eigenvalue weighted by atomic mass is 10.4. The molecule has 0 radical (unpaired) electrons. The summed E-state index contributed by atoms with van der Waals surface area (Å²) >= 11 is 7.38. The van der Waals surface area contributed by atoms with E-state index in [-0.39, 0.29) is 0 Å². The van der Waals surface area contributed by atoms with Crippen LogP contribution in [0.4, 0.5) is 0 Å². The number of rotatable bonds is 5. The molecule has 0 aromatic heterocycles. The number of halogens is 1. The van der Waals surface area contributed by atoms with Crippen molar-refractivity contribution in [3.8, 4) is 0 Å². The van der Waals surface area contributed by atoms with Gasteiger partial charge in [-0.3, -0.25) is 0 Å². The predicted molar refractivity (Wildman–Crippen MR) is 47.5 cm³/mol. The lowest BCUT2D eigenvalue weighted by Gasteiger charge is -1.96. The van der Waals surface area contributed by atoms with E-state index < -0.39 is 0 Å². The predicted octanol–water partition coefficient (Wildman–Crippen LogP) is 2.92. The first-order valence-corrected chi connectivity index (χ1v) is 4.74. The lowest BCUT2D eigenvalue weighted by Crippen LogP contribution is -1.84. The third-order valence-electron chi connectivity index (χ3n) is 0.771. The van der Waals surface area contributed by atoms with Gasteiger partial charge in [0, 0.05) is 11.6 Å². The summed E-state index contributed by atoms with van der Waals surface area (Å²) in [5.74, 6) is 3.02. The molecule has 0 saturated heterocycles. The average Bonchev–Trinajstić information content (AvgIpc) is 1.80. The van der Waals surface area contributed by atoms with Crippen molar-refractivity contribution >= 4 is 23.4 Å². The average molecular weight is 165 g/mol. The molecule has 0 heterocycles. The molecule has 0 rings (SSSR count). The third kappa shape index (κ3) is 8.38. The molecule has 0 unspecified atom stereocenters. The molecule has 0 saturated carbocycles. The van der Waals surface area contributed by atoms with Gasteiger partial charge in [-0.2, -0.15) is 11.8 Å². The molecule has 0 aliphatic heterocycles. The van der Waals surface area contributed by atoms with Crippen LogP contribution in [0, 0.1) is 0 Å². The van der Waals surface area contributed by atoms with Gasteiger partial charge >= 0.3 is 0 Å². The highest BCUT2D eigenvalue weighted by atomic mass is 35.5. The van der Waals surface area contributed by atoms with Crippen LogP contribution >= 0.6 is 23.4 Å². The number of thioether (sulfide) groups is 1. The molecule has 54 valence electrons. The molecule has 0 N–H and O–H groups in total. The van der Waals surface area contributed by atoms with E-state index in [1.54, 1.807) is 0 Å². The quantitative estimate of drug-likeness (QED) is 0.342. The summed E-state index contributed by atoms with van der Waals surface area (Å²) in [7, 11) is 0. The Hall–Kier alpha value is 0.380. The van der Waals surface area contributed by atoms with Crippen molar-refractivity contribution in [3.63, 3.8) is 0 Å². The van der Waals surface area contributed by atoms with Gasteiger partial charge in [-0.05, 0) is 19.1 Å². The van der Waals surface area contributed by atoms with Crippen LogP contribution < -0.4 is 0 Å². The van der Waals surface area contributed by atoms with Crippen LogP contribution in [0.1, 0.15) is 13.3 Å². The van der Waals surface area contributed by atoms with Crippen LogP contribution in [0.2, 0.25) is 0 Å². The number of hydrogen-bond acceptors (Lipinski definition) is 1. The minimum Gasteiger partial charge on any atom is -0.158 e. The topological polar surface area (TPSA) is 0 Å². The second-order valence-electron chi connectivity index (χ2n) is 2.05. The molecule has 0 aliphatic rings. The Morgan fingerprint density at radius 1 is 1.67 bits per heavy atom. The Kier molecular flexibility index (Phi) is 6.77. The van der Waals surface area contributed by atoms with Crippen molar-refractivity contribution in [2.45, 2.75) is 13.3 Å². The van der Waals surface area contributed by atoms with E-state index in [9.17, 15) is 0 Å². The van der Waals surface area contributed by atoms with E-state index in [0.717, 1.165) is 23.8 Å². The minimum absolute atomic E-state index is 0.781. The van der Waals surface area contributed by atoms with Gasteiger partial charge in [-0.1, -0.05) is 12.2 Å². The van der Waals surface area contributed by atoms with Gasteiger partial charge in [0.25, 0.3) is 0 Å². The van der Waals surface area contributed by atoms with E-state index >= 15 is 0 Å². The van der Waals surface area contributed by atoms with E-state index in [1.807, 2.05) is 18.7 Å². The first-order chi connectivity index (χ1) is 4.27. The Morgan fingerprint density at radius 3 is 2.78 bits per heavy atom. The Bertz CT molecular complexity index is 81.0. The van der Waals surface area contributed by atoms with Gasteiger partial charge in [0.05, 0.1) is 0 Å². The first-order valence-electron chi connectivity index (χ1n) is 3.05. The minimum atomic E-state index is 0.781. The third-order valence-corrected chi connectivity index (χ3v) is 2.31. The second-order valence-corrected chi connectivity index (χ2v) is 3.54. The van der Waals surface area contributed by atoms with Gasteiger partial charge < -0.3 is 0 Å². The summed E-state index contributed by atoms with van der Waals surface area (Å²) in [6, 6.07) is 0. The SMILES string of the molecule is C=C(C)CSCCCCl. The van der Waals surface area contributed by atoms with Crippen molar-refractivity contribution in [2.24, 2.45) is 0 Å². The number of hydrogen-bond donors (Lipinski definition) is 0. The van der Waals surface area contributed by atoms with Crippen LogP contribution in [0.15, 0.2) is 12.2 Å². The monoisotopic (exact) mass is 164 g/mol. The standard InChI is InChI=1S/C7H13ClS/c1-7(2)6-9-5-3-4-8/h1,3-6H2,2H3. The molecule has 0 aliphatic carbocycles. The zero-order chi connectivity index (χ0) is 7.11. The summed E-state index contributed by atoms with van der Waals surface area (Å²) in [5.41, 5.74) is 1.24. The Morgan fingerprint density at radius 2 is 2.33 bits per heavy atom. The molecular weight excluding hydrogens is 152 g/mol. The van der Waals surface area contributed by atoms with Crippen LogP contribution in [0.3, 0.4) is 0 Å². The van der Waals surface area contributed by atoms with Crippen molar-refractivity contribution in [1.29, 1.82) is 0 Å². The summed E-state index contributed by atoms with van der Waals surface area (Å²) in [4.78, 5) is 0. The summed E-state index contributed by atoms with van der Waals surface area (Å²) < 4.78 is 0. The van der Waals surface area contributed by atoms with Crippen LogP contribution in [0.5, 0.6) is 0 Å². The maximum absolute atomic E-state index is 5.48. The molecule has 9 heavy (non-hydrogen) atoms. The molecule has 0 aromatic rings. The van der Waals surface area contributed by atoms with Gasteiger partial charge in [0.15, 0.2) is 0 Å². The fourth-order valence-corrected chi connectivity index (χ4v) is 1.54. The molecule has 0 aromatic carbocycles. The first kappa shape index (κ1) is 9.38. The van der Waals surface area contributed by atoms with Gasteiger partial charge in [-0.25, -0.2) is 0 Å². The van der Waals surface area contributed by atoms with E-state index in [1.165, 1.54) is 5.57 Å². The fourth-order valence-electron chi connectivity index (χ4n) is 0.403. The van der Waals surface area contributed by atoms with E-state index in [0.29, 0.717) is 0 Å². The molecule has 2 heteroatoms. The molecule has 0 nitrogen and oxygen atoms in total. The van der Waals surface area contributed by atoms with Crippen molar-refractivity contribution < 1.29 is 0 Å². The maximum Gasteiger partial charge on any atom is 0.0231 e. The van der Waals surface area contributed by atoms with E-state index in [4.69, 9.17) is 11.6 Å². The molecule has 0 atom stereocenters. The highest BCUT2D eigenvalue weighted by molar-refractivity contribution is 7.99. The van der Waals surface area contributed by atoms with E-state index in [2.05, 4.69) is 6.58 Å². The van der Waals surface area contributed by atoms with Gasteiger partial charge in [0.2, 0.25) is 0 Å². The fraction of sp³-hybridized carbons (Fsp3) is 0.714. The number of alkyl halides is 1. The van der Waals surface area contributed by atoms with Crippen molar-refractivity contribution in [1.82, 2.24) is 0 Å². The molecular formula is C7H13ClS. The second kappa shape index (κ2) is 6.50. The molecule has 0 spiro atoms. The summed E-state index contributed by atoms with van der Waals surface area (Å²) in [5, 5.41) is 0. The van der Waals surface area contributed by atoms with Gasteiger partial charge in [-0.15, -0.1) is 11.6 Å². The Balaban J connectivity index is 2.83. The summed E-state index contributed by atoms with van der Waals surface area (Å²) in [6.07, 6.45) is 1.11. The highest BCUT2D eigenvalue weighted by Crippen LogP contribution is 2.06. The highest BCUT2D eigenvalue weighted by Gasteiger charge is 1.87. The van der Waals surface area contributed by atoms with Gasteiger partial charge in [0.1, 0.15) is 0 Å². The summed E-state index contributed by atoms with van der Waals surface area (Å²) in [6.45, 7) is 5.85. The zero-order valence-corrected chi connectivity index (χ0v) is 7.39. The van der Waals surface area contributed by atoms with Crippen molar-refractivity contribution in [3.05, 3.63) is 12.2 Å². The smallest absolute Gasteiger partial charge is 0.0231 e. The van der Waals surface area contributed by atoms with Crippen LogP contribution in [-0.4, -0.2) is 17.4 Å². The Labute approximate surface area is 66.7 Å².